The molecule has 35 heavy (non-hydrogen) atoms. The van der Waals surface area contributed by atoms with Crippen LogP contribution in [0.3, 0.4) is 0 Å². The molecule has 1 aliphatic rings. The predicted octanol–water partition coefficient (Wildman–Crippen LogP) is 6.40. The summed E-state index contributed by atoms with van der Waals surface area (Å²) in [7, 11) is 0. The van der Waals surface area contributed by atoms with Gasteiger partial charge in [-0.3, -0.25) is 4.79 Å². The quantitative estimate of drug-likeness (QED) is 0.241. The molecule has 0 bridgehead atoms. The molecule has 3 N–H and O–H groups in total. The molecule has 0 radical (unpaired) electrons. The minimum Gasteiger partial charge on any atom is -0.398 e. The van der Waals surface area contributed by atoms with Crippen molar-refractivity contribution in [2.24, 2.45) is 0 Å². The molecule has 0 atom stereocenters. The van der Waals surface area contributed by atoms with Crippen LogP contribution in [0.2, 0.25) is 0 Å². The Bertz CT molecular complexity index is 1580. The number of carbonyl (C=O) groups excluding carboxylic acids is 1. The van der Waals surface area contributed by atoms with Gasteiger partial charge in [-0.15, -0.1) is 0 Å². The first-order chi connectivity index (χ1) is 17.1. The lowest BCUT2D eigenvalue weighted by atomic mass is 9.92. The molecule has 0 fully saturated rings. The predicted molar refractivity (Wildman–Crippen MR) is 139 cm³/mol. The maximum Gasteiger partial charge on any atom is 0.260 e. The van der Waals surface area contributed by atoms with Gasteiger partial charge in [0.2, 0.25) is 0 Å². The highest BCUT2D eigenvalue weighted by atomic mass is 19.1. The molecule has 0 unspecified atom stereocenters. The summed E-state index contributed by atoms with van der Waals surface area (Å²) in [6, 6.07) is 31.8. The van der Waals surface area contributed by atoms with Crippen LogP contribution >= 0.6 is 0 Å². The molecule has 0 aliphatic carbocycles. The van der Waals surface area contributed by atoms with Gasteiger partial charge in [0.25, 0.3) is 5.91 Å². The van der Waals surface area contributed by atoms with Crippen molar-refractivity contribution in [3.63, 3.8) is 0 Å². The van der Waals surface area contributed by atoms with Crippen molar-refractivity contribution < 1.29 is 9.18 Å². The molecule has 170 valence electrons. The van der Waals surface area contributed by atoms with E-state index in [1.807, 2.05) is 84.9 Å². The van der Waals surface area contributed by atoms with E-state index in [1.54, 1.807) is 12.1 Å². The zero-order valence-electron chi connectivity index (χ0n) is 18.8. The summed E-state index contributed by atoms with van der Waals surface area (Å²) in [5.74, 6) is -0.690. The van der Waals surface area contributed by atoms with Crippen LogP contribution in [0.15, 0.2) is 103 Å². The molecule has 5 aromatic rings. The van der Waals surface area contributed by atoms with E-state index in [9.17, 15) is 4.79 Å². The van der Waals surface area contributed by atoms with E-state index in [0.29, 0.717) is 28.1 Å². The number of hydrogen-bond acceptors (Lipinski definition) is 2. The number of benzene rings is 4. The molecule has 0 saturated carbocycles. The second-order valence-corrected chi connectivity index (χ2v) is 8.62. The first kappa shape index (κ1) is 20.9. The molecule has 0 spiro atoms. The largest absolute Gasteiger partial charge is 0.398 e. The average Bonchev–Trinajstić information content (AvgIpc) is 3.42. The van der Waals surface area contributed by atoms with Crippen molar-refractivity contribution in [1.29, 1.82) is 0 Å². The molecule has 2 heterocycles. The van der Waals surface area contributed by atoms with Crippen molar-refractivity contribution in [3.8, 4) is 0 Å². The molecule has 4 aromatic carbocycles. The van der Waals surface area contributed by atoms with Gasteiger partial charge in [-0.1, -0.05) is 78.9 Å². The summed E-state index contributed by atoms with van der Waals surface area (Å²) in [6.07, 6.45) is 0. The number of fused-ring (bicyclic) bond motifs is 2. The van der Waals surface area contributed by atoms with Crippen molar-refractivity contribution in [2.75, 3.05) is 10.6 Å². The van der Waals surface area contributed by atoms with E-state index in [0.717, 1.165) is 27.7 Å². The van der Waals surface area contributed by atoms with Gasteiger partial charge < -0.3 is 15.6 Å². The monoisotopic (exact) mass is 459 g/mol. The number of H-pyrrole nitrogens is 1. The Hall–Kier alpha value is -4.64. The number of aromatic nitrogens is 1. The summed E-state index contributed by atoms with van der Waals surface area (Å²) in [4.78, 5) is 19.1. The van der Waals surface area contributed by atoms with Gasteiger partial charge in [-0.05, 0) is 29.8 Å². The summed E-state index contributed by atoms with van der Waals surface area (Å²) in [6.45, 7) is 0.265. The third-order valence-corrected chi connectivity index (χ3v) is 6.45. The summed E-state index contributed by atoms with van der Waals surface area (Å²) in [5, 5.41) is 1.01. The highest BCUT2D eigenvalue weighted by Gasteiger charge is 2.38. The van der Waals surface area contributed by atoms with Gasteiger partial charge in [0.15, 0.2) is 0 Å². The normalized spacial score (nSPS) is 14.4. The Kier molecular flexibility index (Phi) is 4.96. The lowest BCUT2D eigenvalue weighted by Crippen LogP contribution is -2.26. The minimum atomic E-state index is -0.432. The summed E-state index contributed by atoms with van der Waals surface area (Å²) in [5.41, 5.74) is 12.2. The highest BCUT2D eigenvalue weighted by Crippen LogP contribution is 2.45. The Balaban J connectivity index is 1.65. The van der Waals surface area contributed by atoms with Gasteiger partial charge >= 0.3 is 0 Å². The number of rotatable bonds is 4. The number of amides is 1. The Labute approximate surface area is 202 Å². The Morgan fingerprint density at radius 3 is 2.40 bits per heavy atom. The fourth-order valence-electron chi connectivity index (χ4n) is 4.85. The molecule has 5 heteroatoms. The van der Waals surface area contributed by atoms with Crippen molar-refractivity contribution >= 4 is 39.3 Å². The number of nitrogens with zero attached hydrogens (tertiary/aromatic N) is 1. The maximum atomic E-state index is 15.3. The smallest absolute Gasteiger partial charge is 0.260 e. The van der Waals surface area contributed by atoms with E-state index in [1.165, 1.54) is 11.0 Å². The number of carbonyl (C=O) groups is 1. The molecular weight excluding hydrogens is 437 g/mol. The number of hydrogen-bond donors (Lipinski definition) is 2. The van der Waals surface area contributed by atoms with Gasteiger partial charge in [-0.2, -0.15) is 0 Å². The van der Waals surface area contributed by atoms with Crippen LogP contribution in [0.1, 0.15) is 22.4 Å². The van der Waals surface area contributed by atoms with Crippen LogP contribution in [0, 0.1) is 5.82 Å². The number of para-hydroxylation sites is 3. The SMILES string of the molecule is Nc1ccccc1/C(=C1/C(=O)N(Cc2ccccc2)c2c(F)cccc21)c1cc2ccccc2[nH]1. The van der Waals surface area contributed by atoms with Gasteiger partial charge in [0, 0.05) is 39.0 Å². The third-order valence-electron chi connectivity index (χ3n) is 6.45. The molecule has 1 aliphatic heterocycles. The zero-order chi connectivity index (χ0) is 23.9. The van der Waals surface area contributed by atoms with Crippen LogP contribution < -0.4 is 10.6 Å². The molecule has 0 saturated heterocycles. The van der Waals surface area contributed by atoms with E-state index in [4.69, 9.17) is 5.73 Å². The van der Waals surface area contributed by atoms with E-state index in [2.05, 4.69) is 4.98 Å². The van der Waals surface area contributed by atoms with Crippen molar-refractivity contribution in [3.05, 3.63) is 131 Å². The lowest BCUT2D eigenvalue weighted by Gasteiger charge is -2.18. The topological polar surface area (TPSA) is 62.1 Å². The van der Waals surface area contributed by atoms with E-state index >= 15 is 4.39 Å². The van der Waals surface area contributed by atoms with Crippen LogP contribution in [-0.4, -0.2) is 10.9 Å². The average molecular weight is 460 g/mol. The van der Waals surface area contributed by atoms with Gasteiger partial charge in [0.1, 0.15) is 5.82 Å². The number of nitrogens with one attached hydrogen (secondary N) is 1. The van der Waals surface area contributed by atoms with Crippen molar-refractivity contribution in [1.82, 2.24) is 4.98 Å². The number of aromatic amines is 1. The summed E-state index contributed by atoms with van der Waals surface area (Å²) >= 11 is 0. The standard InChI is InChI=1S/C30H22FN3O/c31-23-14-8-13-22-28(30(35)34(29(22)23)18-19-9-2-1-3-10-19)27(21-12-5-6-15-24(21)32)26-17-20-11-4-7-16-25(20)33-26/h1-17,33H,18,32H2/b28-27-. The Morgan fingerprint density at radius 1 is 0.857 bits per heavy atom. The van der Waals surface area contributed by atoms with Crippen LogP contribution in [0.25, 0.3) is 22.0 Å². The van der Waals surface area contributed by atoms with Crippen molar-refractivity contribution in [2.45, 2.75) is 6.54 Å². The Morgan fingerprint density at radius 2 is 1.60 bits per heavy atom. The number of nitrogens with two attached hydrogens (primary N) is 1. The summed E-state index contributed by atoms with van der Waals surface area (Å²) < 4.78 is 15.3. The van der Waals surface area contributed by atoms with Crippen LogP contribution in [0.4, 0.5) is 15.8 Å². The van der Waals surface area contributed by atoms with E-state index < -0.39 is 5.82 Å². The second-order valence-electron chi connectivity index (χ2n) is 8.62. The molecule has 1 amide bonds. The molecular formula is C30H22FN3O. The van der Waals surface area contributed by atoms with Gasteiger partial charge in [0.05, 0.1) is 17.8 Å². The molecule has 1 aromatic heterocycles. The number of halogens is 1. The van der Waals surface area contributed by atoms with Gasteiger partial charge in [-0.25, -0.2) is 4.39 Å². The third kappa shape index (κ3) is 3.49. The first-order valence-corrected chi connectivity index (χ1v) is 11.4. The highest BCUT2D eigenvalue weighted by molar-refractivity contribution is 6.39. The molecule has 4 nitrogen and oxygen atoms in total. The lowest BCUT2D eigenvalue weighted by molar-refractivity contribution is -0.113. The van der Waals surface area contributed by atoms with Crippen LogP contribution in [-0.2, 0) is 11.3 Å². The second kappa shape index (κ2) is 8.29. The van der Waals surface area contributed by atoms with Crippen LogP contribution in [0.5, 0.6) is 0 Å². The maximum absolute atomic E-state index is 15.3. The minimum absolute atomic E-state index is 0.258. The number of anilines is 2. The molecule has 6 rings (SSSR count). The fraction of sp³-hybridized carbons (Fsp3) is 0.0333. The fourth-order valence-corrected chi connectivity index (χ4v) is 4.85. The first-order valence-electron chi connectivity index (χ1n) is 11.4. The number of nitrogen functional groups attached to an aromatic ring is 1. The zero-order valence-corrected chi connectivity index (χ0v) is 18.8. The van der Waals surface area contributed by atoms with E-state index in [-0.39, 0.29) is 12.5 Å².